The van der Waals surface area contributed by atoms with E-state index < -0.39 is 21.5 Å². The summed E-state index contributed by atoms with van der Waals surface area (Å²) in [6.07, 6.45) is 2.63. The van der Waals surface area contributed by atoms with Crippen LogP contribution in [0, 0.1) is 18.6 Å². The summed E-state index contributed by atoms with van der Waals surface area (Å²) < 4.78 is 51.0. The normalized spacial score (nSPS) is 11.6. The molecule has 0 atom stereocenters. The first-order valence-corrected chi connectivity index (χ1v) is 11.0. The molecule has 0 aliphatic carbocycles. The number of aromatic amines is 1. The van der Waals surface area contributed by atoms with Gasteiger partial charge in [-0.3, -0.25) is 5.10 Å². The molecule has 0 saturated carbocycles. The SMILES string of the molecule is CNc1nc(Nc2cc(C)cc(S(C)(=O)=O)c2)ncc1-c1n[nH]c2cc(F)c(F)cc12. The van der Waals surface area contributed by atoms with Crippen molar-refractivity contribution in [1.82, 2.24) is 20.2 Å². The highest BCUT2D eigenvalue weighted by molar-refractivity contribution is 7.90. The van der Waals surface area contributed by atoms with Crippen LogP contribution in [0.2, 0.25) is 0 Å². The van der Waals surface area contributed by atoms with E-state index in [9.17, 15) is 17.2 Å². The molecular weight excluding hydrogens is 426 g/mol. The highest BCUT2D eigenvalue weighted by Gasteiger charge is 2.17. The Morgan fingerprint density at radius 2 is 1.81 bits per heavy atom. The van der Waals surface area contributed by atoms with E-state index in [1.54, 1.807) is 26.1 Å². The third-order valence-corrected chi connectivity index (χ3v) is 5.71. The molecule has 0 radical (unpaired) electrons. The van der Waals surface area contributed by atoms with Crippen molar-refractivity contribution in [2.24, 2.45) is 0 Å². The molecule has 0 aliphatic heterocycles. The number of aromatic nitrogens is 4. The van der Waals surface area contributed by atoms with Gasteiger partial charge in [-0.1, -0.05) is 0 Å². The summed E-state index contributed by atoms with van der Waals surface area (Å²) in [5, 5.41) is 13.1. The van der Waals surface area contributed by atoms with Crippen LogP contribution in [0.4, 0.5) is 26.2 Å². The molecule has 2 heterocycles. The van der Waals surface area contributed by atoms with Gasteiger partial charge in [0.15, 0.2) is 21.5 Å². The second-order valence-corrected chi connectivity index (χ2v) is 9.04. The van der Waals surface area contributed by atoms with Gasteiger partial charge in [0.05, 0.1) is 16.0 Å². The van der Waals surface area contributed by atoms with Crippen LogP contribution in [0.3, 0.4) is 0 Å². The van der Waals surface area contributed by atoms with Crippen molar-refractivity contribution < 1.29 is 17.2 Å². The van der Waals surface area contributed by atoms with E-state index in [1.807, 2.05) is 0 Å². The predicted molar refractivity (Wildman–Crippen MR) is 114 cm³/mol. The van der Waals surface area contributed by atoms with Gasteiger partial charge in [0, 0.05) is 36.6 Å². The number of anilines is 3. The van der Waals surface area contributed by atoms with Crippen molar-refractivity contribution in [2.45, 2.75) is 11.8 Å². The van der Waals surface area contributed by atoms with Gasteiger partial charge in [-0.15, -0.1) is 0 Å². The molecule has 160 valence electrons. The molecule has 2 aromatic heterocycles. The summed E-state index contributed by atoms with van der Waals surface area (Å²) in [5.41, 5.74) is 2.45. The summed E-state index contributed by atoms with van der Waals surface area (Å²) >= 11 is 0. The lowest BCUT2D eigenvalue weighted by Crippen LogP contribution is -2.04. The number of sulfone groups is 1. The molecule has 0 spiro atoms. The van der Waals surface area contributed by atoms with Gasteiger partial charge >= 0.3 is 0 Å². The van der Waals surface area contributed by atoms with Crippen LogP contribution in [-0.4, -0.2) is 41.9 Å². The summed E-state index contributed by atoms with van der Waals surface area (Å²) in [5.74, 6) is -1.35. The van der Waals surface area contributed by atoms with Crippen LogP contribution in [0.15, 0.2) is 41.4 Å². The molecule has 0 saturated heterocycles. The molecular formula is C20H18F2N6O2S. The molecule has 0 fully saturated rings. The fourth-order valence-electron chi connectivity index (χ4n) is 3.19. The van der Waals surface area contributed by atoms with Gasteiger partial charge in [0.2, 0.25) is 5.95 Å². The van der Waals surface area contributed by atoms with Crippen LogP contribution in [0.1, 0.15) is 5.56 Å². The Labute approximate surface area is 176 Å². The number of benzene rings is 2. The Bertz CT molecular complexity index is 1420. The van der Waals surface area contributed by atoms with Crippen molar-refractivity contribution in [2.75, 3.05) is 23.9 Å². The van der Waals surface area contributed by atoms with Crippen LogP contribution in [0.25, 0.3) is 22.2 Å². The Hall–Kier alpha value is -3.60. The number of nitrogens with zero attached hydrogens (tertiary/aromatic N) is 3. The number of fused-ring (bicyclic) bond motifs is 1. The zero-order chi connectivity index (χ0) is 22.3. The third-order valence-electron chi connectivity index (χ3n) is 4.62. The van der Waals surface area contributed by atoms with E-state index in [2.05, 4.69) is 30.8 Å². The second kappa shape index (κ2) is 7.58. The predicted octanol–water partition coefficient (Wildman–Crippen LogP) is 3.80. The van der Waals surface area contributed by atoms with Crippen LogP contribution < -0.4 is 10.6 Å². The van der Waals surface area contributed by atoms with E-state index >= 15 is 0 Å². The van der Waals surface area contributed by atoms with E-state index in [-0.39, 0.29) is 10.8 Å². The monoisotopic (exact) mass is 444 g/mol. The smallest absolute Gasteiger partial charge is 0.229 e. The molecule has 8 nitrogen and oxygen atoms in total. The lowest BCUT2D eigenvalue weighted by atomic mass is 10.1. The lowest BCUT2D eigenvalue weighted by molar-refractivity contribution is 0.511. The molecule has 0 amide bonds. The van der Waals surface area contributed by atoms with E-state index in [4.69, 9.17) is 0 Å². The quantitative estimate of drug-likeness (QED) is 0.429. The van der Waals surface area contributed by atoms with Crippen molar-refractivity contribution >= 4 is 38.2 Å². The van der Waals surface area contributed by atoms with Crippen LogP contribution in [-0.2, 0) is 9.84 Å². The van der Waals surface area contributed by atoms with Gasteiger partial charge < -0.3 is 10.6 Å². The van der Waals surface area contributed by atoms with Gasteiger partial charge in [-0.05, 0) is 36.8 Å². The first-order chi connectivity index (χ1) is 14.7. The number of nitrogens with one attached hydrogen (secondary N) is 3. The Kier molecular flexibility index (Phi) is 5.05. The summed E-state index contributed by atoms with van der Waals surface area (Å²) in [7, 11) is -1.73. The third kappa shape index (κ3) is 4.04. The average molecular weight is 444 g/mol. The zero-order valence-corrected chi connectivity index (χ0v) is 17.6. The Morgan fingerprint density at radius 1 is 1.06 bits per heavy atom. The largest absolute Gasteiger partial charge is 0.372 e. The van der Waals surface area contributed by atoms with Crippen molar-refractivity contribution in [1.29, 1.82) is 0 Å². The molecule has 0 bridgehead atoms. The molecule has 2 aromatic carbocycles. The first kappa shape index (κ1) is 20.7. The molecule has 0 aliphatic rings. The maximum absolute atomic E-state index is 13.7. The lowest BCUT2D eigenvalue weighted by Gasteiger charge is -2.11. The van der Waals surface area contributed by atoms with E-state index in [0.717, 1.165) is 24.0 Å². The van der Waals surface area contributed by atoms with Gasteiger partial charge in [-0.2, -0.15) is 10.1 Å². The van der Waals surface area contributed by atoms with Crippen molar-refractivity contribution in [3.63, 3.8) is 0 Å². The van der Waals surface area contributed by atoms with Gasteiger partial charge in [0.25, 0.3) is 0 Å². The summed E-state index contributed by atoms with van der Waals surface area (Å²) in [4.78, 5) is 8.86. The van der Waals surface area contributed by atoms with Crippen LogP contribution in [0.5, 0.6) is 0 Å². The number of H-pyrrole nitrogens is 1. The standard InChI is InChI=1S/C20H18F2N6O2S/c1-10-4-11(6-12(5-10)31(3,29)30)25-20-24-9-14(19(23-2)26-20)18-13-7-15(21)16(22)8-17(13)27-28-18/h4-9H,1-3H3,(H,27,28)(H2,23,24,25,26). The van der Waals surface area contributed by atoms with Gasteiger partial charge in [0.1, 0.15) is 11.5 Å². The maximum atomic E-state index is 13.7. The zero-order valence-electron chi connectivity index (χ0n) is 16.8. The van der Waals surface area contributed by atoms with E-state index in [0.29, 0.717) is 33.7 Å². The van der Waals surface area contributed by atoms with Crippen molar-refractivity contribution in [3.05, 3.63) is 53.7 Å². The number of hydrogen-bond acceptors (Lipinski definition) is 7. The highest BCUT2D eigenvalue weighted by atomic mass is 32.2. The number of halogens is 2. The molecule has 31 heavy (non-hydrogen) atoms. The molecule has 4 aromatic rings. The van der Waals surface area contributed by atoms with Crippen molar-refractivity contribution in [3.8, 4) is 11.3 Å². The second-order valence-electron chi connectivity index (χ2n) is 7.02. The molecule has 3 N–H and O–H groups in total. The number of rotatable bonds is 5. The molecule has 0 unspecified atom stereocenters. The minimum atomic E-state index is -3.38. The fourth-order valence-corrected chi connectivity index (χ4v) is 3.93. The minimum absolute atomic E-state index is 0.178. The highest BCUT2D eigenvalue weighted by Crippen LogP contribution is 2.32. The van der Waals surface area contributed by atoms with Gasteiger partial charge in [-0.25, -0.2) is 22.2 Å². The average Bonchev–Trinajstić information content (AvgIpc) is 3.09. The summed E-state index contributed by atoms with van der Waals surface area (Å²) in [6.45, 7) is 1.79. The molecule has 11 heteroatoms. The topological polar surface area (TPSA) is 113 Å². The number of aryl methyl sites for hydroxylation is 1. The summed E-state index contributed by atoms with van der Waals surface area (Å²) in [6, 6.07) is 6.94. The van der Waals surface area contributed by atoms with E-state index in [1.165, 1.54) is 12.3 Å². The number of hydrogen-bond donors (Lipinski definition) is 3. The minimum Gasteiger partial charge on any atom is -0.372 e. The Balaban J connectivity index is 1.74. The maximum Gasteiger partial charge on any atom is 0.229 e. The fraction of sp³-hybridized carbons (Fsp3) is 0.150. The first-order valence-electron chi connectivity index (χ1n) is 9.13. The van der Waals surface area contributed by atoms with Crippen LogP contribution >= 0.6 is 0 Å². The molecule has 4 rings (SSSR count). The Morgan fingerprint density at radius 3 is 2.52 bits per heavy atom.